The van der Waals surface area contributed by atoms with Crippen LogP contribution in [-0.2, 0) is 22.6 Å². The number of unbranched alkanes of at least 4 members (excludes halogenated alkanes) is 2. The zero-order valence-corrected chi connectivity index (χ0v) is 25.5. The number of nitrogen functional groups attached to an aromatic ring is 1. The van der Waals surface area contributed by atoms with Crippen molar-refractivity contribution in [2.75, 3.05) is 18.8 Å². The number of benzene rings is 1. The number of carbonyl (C=O) groups is 2. The largest absolute Gasteiger partial charge is 0.382 e. The van der Waals surface area contributed by atoms with Crippen molar-refractivity contribution in [2.45, 2.75) is 116 Å². The van der Waals surface area contributed by atoms with E-state index in [0.29, 0.717) is 24.8 Å². The van der Waals surface area contributed by atoms with E-state index in [1.807, 2.05) is 18.2 Å². The highest BCUT2D eigenvalue weighted by Gasteiger charge is 2.18. The van der Waals surface area contributed by atoms with Gasteiger partial charge in [0.15, 0.2) is 5.82 Å². The van der Waals surface area contributed by atoms with Crippen LogP contribution in [0.25, 0.3) is 21.9 Å². The van der Waals surface area contributed by atoms with Crippen molar-refractivity contribution >= 4 is 39.6 Å². The van der Waals surface area contributed by atoms with Crippen LogP contribution in [0.1, 0.15) is 103 Å². The molecule has 2 amide bonds. The minimum Gasteiger partial charge on any atom is -0.382 e. The van der Waals surface area contributed by atoms with E-state index in [1.54, 1.807) is 0 Å². The maximum atomic E-state index is 12.4. The van der Waals surface area contributed by atoms with Crippen LogP contribution >= 0.6 is 0 Å². The van der Waals surface area contributed by atoms with E-state index in [1.165, 1.54) is 25.7 Å². The molecular weight excluding hydrogens is 526 g/mol. The molecule has 2 unspecified atom stereocenters. The molecule has 3 aromatic rings. The Bertz CT molecular complexity index is 1300. The molecule has 9 heteroatoms. The number of aromatic nitrogens is 3. The third-order valence-electron chi connectivity index (χ3n) is 8.62. The van der Waals surface area contributed by atoms with E-state index in [0.717, 1.165) is 92.1 Å². The molecule has 1 aliphatic rings. The SMILES string of the molecule is CCCCc1nc2c(N)nc3ccccc3c2n1CCCCNC(=O)CCC(=O)NCC1CCCCCCC(N)CC1. The lowest BCUT2D eigenvalue weighted by Gasteiger charge is -2.21. The maximum absolute atomic E-state index is 12.4. The van der Waals surface area contributed by atoms with E-state index in [2.05, 4.69) is 33.2 Å². The molecule has 0 spiro atoms. The molecule has 2 heterocycles. The first-order valence-corrected chi connectivity index (χ1v) is 16.3. The summed E-state index contributed by atoms with van der Waals surface area (Å²) in [5.41, 5.74) is 15.2. The highest BCUT2D eigenvalue weighted by atomic mass is 16.2. The van der Waals surface area contributed by atoms with Crippen molar-refractivity contribution in [3.8, 4) is 0 Å². The van der Waals surface area contributed by atoms with Crippen LogP contribution in [0, 0.1) is 5.92 Å². The summed E-state index contributed by atoms with van der Waals surface area (Å²) in [5, 5.41) is 7.12. The molecule has 1 fully saturated rings. The molecule has 2 atom stereocenters. The average molecular weight is 578 g/mol. The van der Waals surface area contributed by atoms with Crippen LogP contribution < -0.4 is 22.1 Å². The Labute approximate surface area is 250 Å². The second-order valence-electron chi connectivity index (χ2n) is 12.1. The number of nitrogens with two attached hydrogens (primary N) is 2. The summed E-state index contributed by atoms with van der Waals surface area (Å²) in [7, 11) is 0. The number of nitrogens with zero attached hydrogens (tertiary/aromatic N) is 3. The number of anilines is 1. The van der Waals surface area contributed by atoms with Crippen molar-refractivity contribution in [1.29, 1.82) is 0 Å². The zero-order valence-electron chi connectivity index (χ0n) is 25.5. The zero-order chi connectivity index (χ0) is 29.7. The minimum atomic E-state index is -0.0728. The van der Waals surface area contributed by atoms with Crippen LogP contribution in [0.2, 0.25) is 0 Å². The summed E-state index contributed by atoms with van der Waals surface area (Å²) >= 11 is 0. The van der Waals surface area contributed by atoms with E-state index in [4.69, 9.17) is 16.5 Å². The van der Waals surface area contributed by atoms with Gasteiger partial charge in [-0.05, 0) is 56.9 Å². The fourth-order valence-corrected chi connectivity index (χ4v) is 6.09. The molecule has 6 N–H and O–H groups in total. The molecule has 230 valence electrons. The van der Waals surface area contributed by atoms with Crippen LogP contribution in [0.3, 0.4) is 0 Å². The lowest BCUT2D eigenvalue weighted by molar-refractivity contribution is -0.126. The van der Waals surface area contributed by atoms with Crippen LogP contribution in [-0.4, -0.2) is 45.5 Å². The summed E-state index contributed by atoms with van der Waals surface area (Å²) < 4.78 is 2.30. The molecule has 0 aliphatic heterocycles. The molecule has 1 saturated carbocycles. The van der Waals surface area contributed by atoms with Gasteiger partial charge in [-0.3, -0.25) is 9.59 Å². The predicted octanol–water partition coefficient (Wildman–Crippen LogP) is 5.38. The Morgan fingerprint density at radius 1 is 0.929 bits per heavy atom. The quantitative estimate of drug-likeness (QED) is 0.201. The van der Waals surface area contributed by atoms with Crippen LogP contribution in [0.4, 0.5) is 5.82 Å². The number of pyridine rings is 1. The number of hydrogen-bond donors (Lipinski definition) is 4. The maximum Gasteiger partial charge on any atom is 0.220 e. The van der Waals surface area contributed by atoms with Gasteiger partial charge >= 0.3 is 0 Å². The van der Waals surface area contributed by atoms with Gasteiger partial charge in [-0.1, -0.05) is 57.2 Å². The number of rotatable bonds is 13. The van der Waals surface area contributed by atoms with Gasteiger partial charge < -0.3 is 26.7 Å². The average Bonchev–Trinajstić information content (AvgIpc) is 3.36. The Morgan fingerprint density at radius 2 is 1.69 bits per heavy atom. The Morgan fingerprint density at radius 3 is 2.50 bits per heavy atom. The van der Waals surface area contributed by atoms with Gasteiger partial charge in [0.05, 0.1) is 11.0 Å². The summed E-state index contributed by atoms with van der Waals surface area (Å²) in [5.74, 6) is 1.87. The Balaban J connectivity index is 1.20. The van der Waals surface area contributed by atoms with Gasteiger partial charge in [0, 0.05) is 50.3 Å². The van der Waals surface area contributed by atoms with Gasteiger partial charge in [0.2, 0.25) is 11.8 Å². The van der Waals surface area contributed by atoms with Crippen molar-refractivity contribution < 1.29 is 9.59 Å². The highest BCUT2D eigenvalue weighted by Crippen LogP contribution is 2.29. The first kappa shape index (κ1) is 31.7. The normalized spacial score (nSPS) is 18.2. The predicted molar refractivity (Wildman–Crippen MR) is 171 cm³/mol. The fraction of sp³-hybridized carbons (Fsp3) is 0.636. The first-order chi connectivity index (χ1) is 20.5. The standard InChI is InChI=1S/C33H51N7O2/c1-2-3-16-28-39-31-32(26-14-8-9-15-27(26)38-33(31)35)40(28)22-11-10-21-36-29(41)19-20-30(42)37-23-24-12-6-4-5-7-13-25(34)18-17-24/h8-9,14-15,24-25H,2-7,10-13,16-23,34H2,1H3,(H2,35,38)(H,36,41)(H,37,42). The second-order valence-corrected chi connectivity index (χ2v) is 12.1. The second kappa shape index (κ2) is 16.4. The summed E-state index contributed by atoms with van der Waals surface area (Å²) in [6, 6.07) is 8.35. The summed E-state index contributed by atoms with van der Waals surface area (Å²) in [4.78, 5) is 34.3. The lowest BCUT2D eigenvalue weighted by Crippen LogP contribution is -2.32. The van der Waals surface area contributed by atoms with E-state index >= 15 is 0 Å². The molecule has 2 aromatic heterocycles. The van der Waals surface area contributed by atoms with Gasteiger partial charge in [0.1, 0.15) is 11.3 Å². The van der Waals surface area contributed by atoms with E-state index < -0.39 is 0 Å². The minimum absolute atomic E-state index is 0.0425. The number of fused-ring (bicyclic) bond motifs is 3. The van der Waals surface area contributed by atoms with Crippen molar-refractivity contribution in [1.82, 2.24) is 25.2 Å². The number of para-hydroxylation sites is 1. The van der Waals surface area contributed by atoms with Crippen LogP contribution in [0.15, 0.2) is 24.3 Å². The van der Waals surface area contributed by atoms with Crippen molar-refractivity contribution in [3.05, 3.63) is 30.1 Å². The molecule has 0 radical (unpaired) electrons. The lowest BCUT2D eigenvalue weighted by atomic mass is 9.90. The smallest absolute Gasteiger partial charge is 0.220 e. The first-order valence-electron chi connectivity index (χ1n) is 16.3. The molecule has 4 rings (SSSR count). The molecule has 1 aliphatic carbocycles. The van der Waals surface area contributed by atoms with E-state index in [-0.39, 0.29) is 30.7 Å². The van der Waals surface area contributed by atoms with E-state index in [9.17, 15) is 9.59 Å². The van der Waals surface area contributed by atoms with Crippen molar-refractivity contribution in [3.63, 3.8) is 0 Å². The number of imidazole rings is 1. The van der Waals surface area contributed by atoms with Gasteiger partial charge in [-0.2, -0.15) is 0 Å². The molecular formula is C33H51N7O2. The molecule has 9 nitrogen and oxygen atoms in total. The number of amides is 2. The number of aryl methyl sites for hydroxylation is 2. The monoisotopic (exact) mass is 577 g/mol. The molecule has 42 heavy (non-hydrogen) atoms. The van der Waals surface area contributed by atoms with Gasteiger partial charge in [-0.15, -0.1) is 0 Å². The summed E-state index contributed by atoms with van der Waals surface area (Å²) in [6.45, 7) is 4.26. The topological polar surface area (TPSA) is 141 Å². The van der Waals surface area contributed by atoms with Crippen LogP contribution in [0.5, 0.6) is 0 Å². The molecule has 0 bridgehead atoms. The molecule has 1 aromatic carbocycles. The Hall–Kier alpha value is -3.20. The Kier molecular flexibility index (Phi) is 12.4. The number of nitrogens with one attached hydrogen (secondary N) is 2. The number of carbonyl (C=O) groups excluding carboxylic acids is 2. The van der Waals surface area contributed by atoms with Crippen molar-refractivity contribution in [2.24, 2.45) is 11.7 Å². The van der Waals surface area contributed by atoms with Gasteiger partial charge in [0.25, 0.3) is 0 Å². The van der Waals surface area contributed by atoms with Gasteiger partial charge in [-0.25, -0.2) is 9.97 Å². The fourth-order valence-electron chi connectivity index (χ4n) is 6.09. The third kappa shape index (κ3) is 9.15. The number of hydrogen-bond acceptors (Lipinski definition) is 6. The third-order valence-corrected chi connectivity index (χ3v) is 8.62. The molecule has 0 saturated heterocycles. The summed E-state index contributed by atoms with van der Waals surface area (Å²) in [6.07, 6.45) is 14.5. The highest BCUT2D eigenvalue weighted by molar-refractivity contribution is 6.06.